The van der Waals surface area contributed by atoms with Gasteiger partial charge in [0.2, 0.25) is 0 Å². The van der Waals surface area contributed by atoms with Crippen molar-refractivity contribution in [3.63, 3.8) is 0 Å². The first kappa shape index (κ1) is 7.29. The Morgan fingerprint density at radius 1 is 1.17 bits per heavy atom. The Balaban J connectivity index is 2.10. The van der Waals surface area contributed by atoms with Gasteiger partial charge in [-0.2, -0.15) is 0 Å². The lowest BCUT2D eigenvalue weighted by molar-refractivity contribution is -0.104. The van der Waals surface area contributed by atoms with Crippen molar-refractivity contribution in [3.05, 3.63) is 48.1 Å². The van der Waals surface area contributed by atoms with E-state index in [1.807, 2.05) is 6.08 Å². The van der Waals surface area contributed by atoms with Crippen molar-refractivity contribution in [3.8, 4) is 0 Å². The molecule has 0 aromatic rings. The predicted molar refractivity (Wildman–Crippen MR) is 48.5 cm³/mol. The molecule has 0 aliphatic heterocycles. The Morgan fingerprint density at radius 2 is 2.08 bits per heavy atom. The lowest BCUT2D eigenvalue weighted by Gasteiger charge is -2.21. The highest BCUT2D eigenvalue weighted by Crippen LogP contribution is 2.38. The second kappa shape index (κ2) is 2.94. The molecule has 0 heterocycles. The summed E-state index contributed by atoms with van der Waals surface area (Å²) in [6.07, 6.45) is 14.8. The van der Waals surface area contributed by atoms with Gasteiger partial charge in [-0.25, -0.2) is 0 Å². The molecule has 0 bridgehead atoms. The Labute approximate surface area is 71.8 Å². The van der Waals surface area contributed by atoms with E-state index in [9.17, 15) is 4.79 Å². The first-order chi connectivity index (χ1) is 5.92. The summed E-state index contributed by atoms with van der Waals surface area (Å²) in [6, 6.07) is 0. The summed E-state index contributed by atoms with van der Waals surface area (Å²) in [6.45, 7) is 0. The number of carbonyl (C=O) groups excluding carboxylic acids is 1. The first-order valence-corrected chi connectivity index (χ1v) is 4.10. The maximum atomic E-state index is 9.99. The molecule has 0 aromatic carbocycles. The molecule has 12 heavy (non-hydrogen) atoms. The summed E-state index contributed by atoms with van der Waals surface area (Å²) in [7, 11) is 0. The van der Waals surface area contributed by atoms with E-state index in [4.69, 9.17) is 0 Å². The topological polar surface area (TPSA) is 17.1 Å². The monoisotopic (exact) mass is 158 g/mol. The van der Waals surface area contributed by atoms with Crippen molar-refractivity contribution < 1.29 is 4.79 Å². The molecule has 2 unspecified atom stereocenters. The van der Waals surface area contributed by atoms with Crippen LogP contribution in [0, 0.1) is 11.8 Å². The van der Waals surface area contributed by atoms with Crippen LogP contribution in [0.1, 0.15) is 0 Å². The van der Waals surface area contributed by atoms with Crippen LogP contribution >= 0.6 is 0 Å². The van der Waals surface area contributed by atoms with E-state index in [1.54, 1.807) is 6.08 Å². The smallest absolute Gasteiger partial charge is 0.142 e. The van der Waals surface area contributed by atoms with Crippen LogP contribution in [0.25, 0.3) is 0 Å². The van der Waals surface area contributed by atoms with Crippen molar-refractivity contribution in [2.45, 2.75) is 0 Å². The number of allylic oxidation sites excluding steroid dienone is 8. The summed E-state index contributed by atoms with van der Waals surface area (Å²) in [5, 5.41) is 0. The third-order valence-electron chi connectivity index (χ3n) is 2.33. The zero-order valence-corrected chi connectivity index (χ0v) is 6.68. The van der Waals surface area contributed by atoms with Gasteiger partial charge < -0.3 is 0 Å². The van der Waals surface area contributed by atoms with Gasteiger partial charge in [-0.15, -0.1) is 0 Å². The Kier molecular flexibility index (Phi) is 1.78. The minimum Gasteiger partial charge on any atom is -0.299 e. The molecule has 0 radical (unpaired) electrons. The largest absolute Gasteiger partial charge is 0.299 e. The van der Waals surface area contributed by atoms with Crippen molar-refractivity contribution in [2.75, 3.05) is 0 Å². The van der Waals surface area contributed by atoms with Crippen LogP contribution in [0.5, 0.6) is 0 Å². The van der Waals surface area contributed by atoms with Crippen molar-refractivity contribution in [1.82, 2.24) is 0 Å². The van der Waals surface area contributed by atoms with Crippen LogP contribution in [0.15, 0.2) is 48.1 Å². The molecular weight excluding hydrogens is 148 g/mol. The van der Waals surface area contributed by atoms with Crippen molar-refractivity contribution >= 4 is 6.29 Å². The zero-order valence-electron chi connectivity index (χ0n) is 6.68. The summed E-state index contributed by atoms with van der Waals surface area (Å²) in [5.41, 5.74) is 1.31. The lowest BCUT2D eigenvalue weighted by atomic mass is 9.82. The van der Waals surface area contributed by atoms with E-state index in [0.717, 1.165) is 6.29 Å². The standard InChI is InChI=1S/C11H10O/c12-8-2-1-3-9-4-5-10-6-7-11(9)10/h1-8,10-11H/b2-1+,9-3+. The Bertz CT molecular complexity index is 305. The first-order valence-electron chi connectivity index (χ1n) is 4.10. The lowest BCUT2D eigenvalue weighted by Crippen LogP contribution is -2.12. The highest BCUT2D eigenvalue weighted by atomic mass is 16.1. The molecule has 0 fully saturated rings. The molecule has 0 aromatic heterocycles. The van der Waals surface area contributed by atoms with Gasteiger partial charge in [0.05, 0.1) is 0 Å². The van der Waals surface area contributed by atoms with E-state index in [-0.39, 0.29) is 0 Å². The SMILES string of the molecule is O=C/C=C/C=C1\C=CC2C=CC12. The van der Waals surface area contributed by atoms with Gasteiger partial charge in [0.15, 0.2) is 0 Å². The van der Waals surface area contributed by atoms with Crippen LogP contribution < -0.4 is 0 Å². The number of hydrogen-bond acceptors (Lipinski definition) is 1. The Hall–Kier alpha value is -1.37. The van der Waals surface area contributed by atoms with Crippen molar-refractivity contribution in [2.24, 2.45) is 11.8 Å². The van der Waals surface area contributed by atoms with Crippen LogP contribution in [-0.4, -0.2) is 6.29 Å². The number of aldehydes is 1. The van der Waals surface area contributed by atoms with Gasteiger partial charge in [0.25, 0.3) is 0 Å². The fourth-order valence-corrected chi connectivity index (χ4v) is 1.58. The average molecular weight is 158 g/mol. The number of rotatable bonds is 2. The molecule has 1 heteroatoms. The minimum atomic E-state index is 0.585. The number of hydrogen-bond donors (Lipinski definition) is 0. The normalized spacial score (nSPS) is 34.2. The molecule has 2 aliphatic carbocycles. The highest BCUT2D eigenvalue weighted by molar-refractivity contribution is 5.65. The molecule has 0 spiro atoms. The van der Waals surface area contributed by atoms with Gasteiger partial charge >= 0.3 is 0 Å². The summed E-state index contributed by atoms with van der Waals surface area (Å²) < 4.78 is 0. The van der Waals surface area contributed by atoms with Crippen LogP contribution in [0.3, 0.4) is 0 Å². The molecule has 2 rings (SSSR count). The summed E-state index contributed by atoms with van der Waals surface area (Å²) in [5.74, 6) is 1.21. The van der Waals surface area contributed by atoms with E-state index in [2.05, 4.69) is 24.3 Å². The second-order valence-corrected chi connectivity index (χ2v) is 3.03. The zero-order chi connectivity index (χ0) is 8.39. The highest BCUT2D eigenvalue weighted by Gasteiger charge is 2.27. The van der Waals surface area contributed by atoms with Crippen LogP contribution in [-0.2, 0) is 4.79 Å². The third kappa shape index (κ3) is 1.07. The van der Waals surface area contributed by atoms with Crippen LogP contribution in [0.2, 0.25) is 0 Å². The van der Waals surface area contributed by atoms with Gasteiger partial charge in [-0.05, 0) is 11.6 Å². The number of carbonyl (C=O) groups is 1. The predicted octanol–water partition coefficient (Wildman–Crippen LogP) is 2.04. The van der Waals surface area contributed by atoms with E-state index in [0.29, 0.717) is 11.8 Å². The van der Waals surface area contributed by atoms with Gasteiger partial charge in [0.1, 0.15) is 6.29 Å². The Morgan fingerprint density at radius 3 is 2.67 bits per heavy atom. The molecule has 0 saturated heterocycles. The molecule has 0 saturated carbocycles. The fraction of sp³-hybridized carbons (Fsp3) is 0.182. The molecule has 0 amide bonds. The van der Waals surface area contributed by atoms with E-state index in [1.165, 1.54) is 11.6 Å². The summed E-state index contributed by atoms with van der Waals surface area (Å²) >= 11 is 0. The quantitative estimate of drug-likeness (QED) is 0.341. The van der Waals surface area contributed by atoms with E-state index >= 15 is 0 Å². The maximum absolute atomic E-state index is 9.99. The molecule has 2 atom stereocenters. The number of fused-ring (bicyclic) bond motifs is 1. The minimum absolute atomic E-state index is 0.585. The van der Waals surface area contributed by atoms with Gasteiger partial charge in [-0.3, -0.25) is 4.79 Å². The molecule has 0 N–H and O–H groups in total. The van der Waals surface area contributed by atoms with Crippen molar-refractivity contribution in [1.29, 1.82) is 0 Å². The molecule has 60 valence electrons. The second-order valence-electron chi connectivity index (χ2n) is 3.03. The van der Waals surface area contributed by atoms with E-state index < -0.39 is 0 Å². The molecular formula is C11H10O. The van der Waals surface area contributed by atoms with Gasteiger partial charge in [0, 0.05) is 11.8 Å². The maximum Gasteiger partial charge on any atom is 0.142 e. The third-order valence-corrected chi connectivity index (χ3v) is 2.33. The van der Waals surface area contributed by atoms with Gasteiger partial charge in [-0.1, -0.05) is 36.5 Å². The molecule has 2 aliphatic rings. The average Bonchev–Trinajstić information content (AvgIpc) is 2.27. The van der Waals surface area contributed by atoms with Crippen LogP contribution in [0.4, 0.5) is 0 Å². The summed E-state index contributed by atoms with van der Waals surface area (Å²) in [4.78, 5) is 9.99. The molecule has 1 nitrogen and oxygen atoms in total. The fourth-order valence-electron chi connectivity index (χ4n) is 1.58.